The molecule has 150 valence electrons. The van der Waals surface area contributed by atoms with Crippen LogP contribution in [0.2, 0.25) is 0 Å². The van der Waals surface area contributed by atoms with Crippen LogP contribution in [-0.4, -0.2) is 12.1 Å². The number of hydrogen-bond acceptors (Lipinski definition) is 2. The summed E-state index contributed by atoms with van der Waals surface area (Å²) in [5, 5.41) is 0. The van der Waals surface area contributed by atoms with E-state index in [4.69, 9.17) is 4.74 Å². The van der Waals surface area contributed by atoms with Crippen molar-refractivity contribution < 1.29 is 9.53 Å². The Balaban J connectivity index is 2.02. The van der Waals surface area contributed by atoms with Crippen LogP contribution in [0, 0.1) is 5.92 Å². The van der Waals surface area contributed by atoms with Crippen LogP contribution in [0.3, 0.4) is 0 Å². The molecule has 26 heavy (non-hydrogen) atoms. The Morgan fingerprint density at radius 2 is 1.58 bits per heavy atom. The first-order valence-electron chi connectivity index (χ1n) is 11.1. The number of allylic oxidation sites excluding steroid dienone is 2. The second-order valence-corrected chi connectivity index (χ2v) is 8.23. The van der Waals surface area contributed by atoms with Crippen molar-refractivity contribution in [3.8, 4) is 0 Å². The van der Waals surface area contributed by atoms with Gasteiger partial charge in [0.2, 0.25) is 0 Å². The molecule has 0 amide bonds. The predicted molar refractivity (Wildman–Crippen MR) is 112 cm³/mol. The van der Waals surface area contributed by atoms with Crippen LogP contribution < -0.4 is 0 Å². The molecule has 0 heterocycles. The van der Waals surface area contributed by atoms with Gasteiger partial charge in [0.15, 0.2) is 0 Å². The van der Waals surface area contributed by atoms with Gasteiger partial charge in [0.1, 0.15) is 6.10 Å². The third-order valence-electron chi connectivity index (χ3n) is 5.69. The van der Waals surface area contributed by atoms with Crippen LogP contribution in [0.1, 0.15) is 111 Å². The van der Waals surface area contributed by atoms with Crippen LogP contribution in [0.15, 0.2) is 23.8 Å². The van der Waals surface area contributed by atoms with E-state index in [0.717, 1.165) is 25.7 Å². The molecule has 0 aromatic rings. The summed E-state index contributed by atoms with van der Waals surface area (Å²) in [4.78, 5) is 12.1. The van der Waals surface area contributed by atoms with E-state index < -0.39 is 0 Å². The number of ether oxygens (including phenoxy) is 1. The van der Waals surface area contributed by atoms with Crippen molar-refractivity contribution in [3.05, 3.63) is 23.8 Å². The van der Waals surface area contributed by atoms with Crippen molar-refractivity contribution in [1.82, 2.24) is 0 Å². The van der Waals surface area contributed by atoms with E-state index in [0.29, 0.717) is 12.3 Å². The van der Waals surface area contributed by atoms with Gasteiger partial charge < -0.3 is 4.74 Å². The van der Waals surface area contributed by atoms with Crippen molar-refractivity contribution >= 4 is 5.97 Å². The minimum Gasteiger partial charge on any atom is -0.458 e. The molecule has 2 unspecified atom stereocenters. The summed E-state index contributed by atoms with van der Waals surface area (Å²) in [6, 6.07) is 0. The summed E-state index contributed by atoms with van der Waals surface area (Å²) in [6.07, 6.45) is 19.0. The number of carbonyl (C=O) groups excluding carboxylic acids is 1. The molecule has 0 N–H and O–H groups in total. The zero-order valence-electron chi connectivity index (χ0n) is 17.7. The third kappa shape index (κ3) is 10.2. The highest BCUT2D eigenvalue weighted by Gasteiger charge is 2.25. The highest BCUT2D eigenvalue weighted by atomic mass is 16.5. The van der Waals surface area contributed by atoms with E-state index in [9.17, 15) is 4.79 Å². The van der Waals surface area contributed by atoms with Gasteiger partial charge in [-0.15, -0.1) is 0 Å². The standard InChI is InChI=1S/C24H42O2/c1-5-6-7-8-9-10-11-12-13-14-15-16-24(25)26-23-19-22(20(2)3)18-17-21(23)4/h17,22-23H,2,5-16,18-19H2,1,3-4H3. The smallest absolute Gasteiger partial charge is 0.306 e. The van der Waals surface area contributed by atoms with Crippen molar-refractivity contribution in [3.63, 3.8) is 0 Å². The van der Waals surface area contributed by atoms with E-state index in [1.807, 2.05) is 0 Å². The van der Waals surface area contributed by atoms with Crippen molar-refractivity contribution in [2.45, 2.75) is 117 Å². The summed E-state index contributed by atoms with van der Waals surface area (Å²) in [5.74, 6) is 0.430. The molecule has 0 saturated carbocycles. The number of esters is 1. The molecule has 2 atom stereocenters. The fourth-order valence-corrected chi connectivity index (χ4v) is 3.69. The second-order valence-electron chi connectivity index (χ2n) is 8.23. The predicted octanol–water partition coefficient (Wildman–Crippen LogP) is 7.53. The van der Waals surface area contributed by atoms with E-state index in [1.165, 1.54) is 68.9 Å². The highest BCUT2D eigenvalue weighted by molar-refractivity contribution is 5.69. The minimum atomic E-state index is -0.0364. The molecule has 2 nitrogen and oxygen atoms in total. The SMILES string of the molecule is C=C(C)C1CC=C(C)C(OC(=O)CCCCCCCCCCCCC)C1. The number of rotatable bonds is 14. The van der Waals surface area contributed by atoms with E-state index >= 15 is 0 Å². The van der Waals surface area contributed by atoms with Gasteiger partial charge in [-0.1, -0.05) is 89.4 Å². The molecule has 0 bridgehead atoms. The lowest BCUT2D eigenvalue weighted by Crippen LogP contribution is -2.26. The molecule has 0 spiro atoms. The first kappa shape index (κ1) is 23.0. The van der Waals surface area contributed by atoms with Gasteiger partial charge in [-0.2, -0.15) is 0 Å². The van der Waals surface area contributed by atoms with Crippen molar-refractivity contribution in [2.24, 2.45) is 5.92 Å². The molecule has 1 rings (SSSR count). The Hall–Kier alpha value is -1.05. The maximum Gasteiger partial charge on any atom is 0.306 e. The number of carbonyl (C=O) groups is 1. The second kappa shape index (κ2) is 14.1. The Bertz CT molecular complexity index is 435. The zero-order chi connectivity index (χ0) is 19.2. The summed E-state index contributed by atoms with van der Waals surface area (Å²) >= 11 is 0. The van der Waals surface area contributed by atoms with E-state index in [-0.39, 0.29) is 12.1 Å². The Morgan fingerprint density at radius 3 is 2.12 bits per heavy atom. The molecule has 0 aromatic heterocycles. The highest BCUT2D eigenvalue weighted by Crippen LogP contribution is 2.30. The molecular weight excluding hydrogens is 320 g/mol. The molecule has 0 fully saturated rings. The summed E-state index contributed by atoms with van der Waals surface area (Å²) in [5.41, 5.74) is 2.40. The van der Waals surface area contributed by atoms with Gasteiger partial charge in [0.05, 0.1) is 0 Å². The molecule has 0 aliphatic heterocycles. The Labute approximate surface area is 162 Å². The quantitative estimate of drug-likeness (QED) is 0.181. The molecular formula is C24H42O2. The first-order chi connectivity index (χ1) is 12.5. The lowest BCUT2D eigenvalue weighted by Gasteiger charge is -2.28. The van der Waals surface area contributed by atoms with E-state index in [1.54, 1.807) is 0 Å². The molecule has 2 heteroatoms. The average Bonchev–Trinajstić information content (AvgIpc) is 2.61. The lowest BCUT2D eigenvalue weighted by molar-refractivity contribution is -0.148. The monoisotopic (exact) mass is 362 g/mol. The molecule has 0 aromatic carbocycles. The van der Waals surface area contributed by atoms with Gasteiger partial charge in [-0.05, 0) is 44.6 Å². The van der Waals surface area contributed by atoms with Gasteiger partial charge >= 0.3 is 5.97 Å². The zero-order valence-corrected chi connectivity index (χ0v) is 17.7. The van der Waals surface area contributed by atoms with Gasteiger partial charge in [0.25, 0.3) is 0 Å². The lowest BCUT2D eigenvalue weighted by atomic mass is 9.84. The summed E-state index contributed by atoms with van der Waals surface area (Å²) in [6.45, 7) is 10.5. The minimum absolute atomic E-state index is 0.0268. The maximum atomic E-state index is 12.1. The molecule has 1 aliphatic rings. The summed E-state index contributed by atoms with van der Waals surface area (Å²) in [7, 11) is 0. The number of unbranched alkanes of at least 4 members (excludes halogenated alkanes) is 10. The van der Waals surface area contributed by atoms with Crippen LogP contribution in [-0.2, 0) is 9.53 Å². The van der Waals surface area contributed by atoms with Crippen LogP contribution in [0.5, 0.6) is 0 Å². The number of hydrogen-bond donors (Lipinski definition) is 0. The molecule has 0 saturated heterocycles. The van der Waals surface area contributed by atoms with Crippen LogP contribution in [0.25, 0.3) is 0 Å². The fourth-order valence-electron chi connectivity index (χ4n) is 3.69. The van der Waals surface area contributed by atoms with E-state index in [2.05, 4.69) is 33.4 Å². The van der Waals surface area contributed by atoms with Crippen molar-refractivity contribution in [2.75, 3.05) is 0 Å². The maximum absolute atomic E-state index is 12.1. The van der Waals surface area contributed by atoms with Gasteiger partial charge in [0, 0.05) is 6.42 Å². The molecule has 1 aliphatic carbocycles. The third-order valence-corrected chi connectivity index (χ3v) is 5.69. The average molecular weight is 363 g/mol. The topological polar surface area (TPSA) is 26.3 Å². The van der Waals surface area contributed by atoms with Gasteiger partial charge in [-0.25, -0.2) is 0 Å². The first-order valence-corrected chi connectivity index (χ1v) is 11.1. The largest absolute Gasteiger partial charge is 0.458 e. The fraction of sp³-hybridized carbons (Fsp3) is 0.792. The summed E-state index contributed by atoms with van der Waals surface area (Å²) < 4.78 is 5.73. The van der Waals surface area contributed by atoms with Crippen LogP contribution in [0.4, 0.5) is 0 Å². The molecule has 0 radical (unpaired) electrons. The Kier molecular flexibility index (Phi) is 12.4. The van der Waals surface area contributed by atoms with Gasteiger partial charge in [-0.3, -0.25) is 4.79 Å². The normalized spacial score (nSPS) is 19.9. The van der Waals surface area contributed by atoms with Crippen molar-refractivity contribution in [1.29, 1.82) is 0 Å². The van der Waals surface area contributed by atoms with Crippen LogP contribution >= 0.6 is 0 Å². The Morgan fingerprint density at radius 1 is 1.04 bits per heavy atom.